The minimum atomic E-state index is -0.520. The lowest BCUT2D eigenvalue weighted by molar-refractivity contribution is -0.118. The standard InChI is InChI=1S/C20H24ClNO2/c1-3-16-10-8-9-13-19(16)24-15-14-22(20(23)18(21)4-2)17-11-6-5-7-12-17/h5-13,18H,3-4,14-15H2,1-2H3. The number of nitrogens with zero attached hydrogens (tertiary/aromatic N) is 1. The van der Waals surface area contributed by atoms with Gasteiger partial charge in [-0.1, -0.05) is 50.2 Å². The van der Waals surface area contributed by atoms with Gasteiger partial charge in [0.25, 0.3) is 0 Å². The molecule has 0 saturated heterocycles. The van der Waals surface area contributed by atoms with Crippen LogP contribution in [0.2, 0.25) is 0 Å². The maximum absolute atomic E-state index is 12.6. The average Bonchev–Trinajstić information content (AvgIpc) is 2.65. The van der Waals surface area contributed by atoms with Crippen molar-refractivity contribution in [2.75, 3.05) is 18.1 Å². The number of hydrogen-bond acceptors (Lipinski definition) is 2. The molecule has 0 radical (unpaired) electrons. The number of carbonyl (C=O) groups is 1. The van der Waals surface area contributed by atoms with E-state index in [4.69, 9.17) is 16.3 Å². The van der Waals surface area contributed by atoms with Gasteiger partial charge < -0.3 is 9.64 Å². The summed E-state index contributed by atoms with van der Waals surface area (Å²) in [7, 11) is 0. The van der Waals surface area contributed by atoms with E-state index >= 15 is 0 Å². The molecule has 0 N–H and O–H groups in total. The molecule has 0 aliphatic heterocycles. The zero-order chi connectivity index (χ0) is 17.4. The Morgan fingerprint density at radius 1 is 1.08 bits per heavy atom. The number of aryl methyl sites for hydroxylation is 1. The molecule has 24 heavy (non-hydrogen) atoms. The summed E-state index contributed by atoms with van der Waals surface area (Å²) in [6.07, 6.45) is 1.51. The number of amides is 1. The lowest BCUT2D eigenvalue weighted by Gasteiger charge is -2.25. The second-order valence-corrected chi connectivity index (χ2v) is 6.04. The molecule has 3 nitrogen and oxygen atoms in total. The van der Waals surface area contributed by atoms with Gasteiger partial charge in [-0.05, 0) is 36.6 Å². The molecule has 4 heteroatoms. The maximum atomic E-state index is 12.6. The van der Waals surface area contributed by atoms with E-state index in [0.29, 0.717) is 19.6 Å². The molecule has 2 aromatic rings. The summed E-state index contributed by atoms with van der Waals surface area (Å²) in [5.41, 5.74) is 2.01. The van der Waals surface area contributed by atoms with Crippen LogP contribution >= 0.6 is 11.6 Å². The smallest absolute Gasteiger partial charge is 0.245 e. The van der Waals surface area contributed by atoms with E-state index in [-0.39, 0.29) is 5.91 Å². The fraction of sp³-hybridized carbons (Fsp3) is 0.350. The lowest BCUT2D eigenvalue weighted by atomic mass is 10.1. The van der Waals surface area contributed by atoms with Crippen LogP contribution in [0.1, 0.15) is 25.8 Å². The van der Waals surface area contributed by atoms with E-state index in [1.165, 1.54) is 5.56 Å². The summed E-state index contributed by atoms with van der Waals surface area (Å²) in [5, 5.41) is -0.520. The molecule has 0 fully saturated rings. The molecule has 0 saturated carbocycles. The highest BCUT2D eigenvalue weighted by atomic mass is 35.5. The topological polar surface area (TPSA) is 29.5 Å². The number of carbonyl (C=O) groups excluding carboxylic acids is 1. The number of para-hydroxylation sites is 2. The van der Waals surface area contributed by atoms with Crippen molar-refractivity contribution in [1.82, 2.24) is 0 Å². The van der Waals surface area contributed by atoms with Crippen molar-refractivity contribution in [2.24, 2.45) is 0 Å². The summed E-state index contributed by atoms with van der Waals surface area (Å²) >= 11 is 6.17. The fourth-order valence-corrected chi connectivity index (χ4v) is 2.62. The zero-order valence-corrected chi connectivity index (χ0v) is 15.0. The number of hydrogen-bond donors (Lipinski definition) is 0. The molecule has 0 spiro atoms. The number of anilines is 1. The molecule has 2 rings (SSSR count). The summed E-state index contributed by atoms with van der Waals surface area (Å²) in [4.78, 5) is 14.3. The van der Waals surface area contributed by atoms with E-state index < -0.39 is 5.38 Å². The van der Waals surface area contributed by atoms with E-state index in [1.54, 1.807) is 4.90 Å². The van der Waals surface area contributed by atoms with Crippen molar-refractivity contribution in [2.45, 2.75) is 32.1 Å². The minimum Gasteiger partial charge on any atom is -0.491 e. The van der Waals surface area contributed by atoms with E-state index in [0.717, 1.165) is 17.9 Å². The first-order valence-electron chi connectivity index (χ1n) is 8.38. The first kappa shape index (κ1) is 18.3. The number of alkyl halides is 1. The van der Waals surface area contributed by atoms with Crippen LogP contribution in [0, 0.1) is 0 Å². The third kappa shape index (κ3) is 4.75. The van der Waals surface area contributed by atoms with Crippen molar-refractivity contribution >= 4 is 23.2 Å². The van der Waals surface area contributed by atoms with Gasteiger partial charge in [0.2, 0.25) is 5.91 Å². The second-order valence-electron chi connectivity index (χ2n) is 5.51. The minimum absolute atomic E-state index is 0.0854. The zero-order valence-electron chi connectivity index (χ0n) is 14.2. The van der Waals surface area contributed by atoms with Gasteiger partial charge in [0.1, 0.15) is 17.7 Å². The largest absolute Gasteiger partial charge is 0.491 e. The van der Waals surface area contributed by atoms with Crippen LogP contribution in [-0.2, 0) is 11.2 Å². The van der Waals surface area contributed by atoms with Crippen molar-refractivity contribution in [3.63, 3.8) is 0 Å². The number of benzene rings is 2. The first-order valence-corrected chi connectivity index (χ1v) is 8.82. The maximum Gasteiger partial charge on any atom is 0.245 e. The van der Waals surface area contributed by atoms with Crippen LogP contribution in [0.4, 0.5) is 5.69 Å². The Bertz CT molecular complexity index is 645. The van der Waals surface area contributed by atoms with Crippen LogP contribution in [0.15, 0.2) is 54.6 Å². The fourth-order valence-electron chi connectivity index (χ4n) is 2.50. The van der Waals surface area contributed by atoms with Crippen LogP contribution in [0.25, 0.3) is 0 Å². The van der Waals surface area contributed by atoms with Gasteiger partial charge in [-0.3, -0.25) is 4.79 Å². The van der Waals surface area contributed by atoms with E-state index in [9.17, 15) is 4.79 Å². The predicted octanol–water partition coefficient (Wildman–Crippen LogP) is 4.68. The summed E-state index contributed by atoms with van der Waals surface area (Å²) in [6.45, 7) is 4.89. The molecular formula is C20H24ClNO2. The van der Waals surface area contributed by atoms with Crippen molar-refractivity contribution in [3.05, 3.63) is 60.2 Å². The third-order valence-electron chi connectivity index (χ3n) is 3.89. The monoisotopic (exact) mass is 345 g/mol. The summed E-state index contributed by atoms with van der Waals surface area (Å²) in [6, 6.07) is 17.6. The molecule has 128 valence electrons. The van der Waals surface area contributed by atoms with Gasteiger partial charge in [0, 0.05) is 5.69 Å². The Hall–Kier alpha value is -2.00. The molecule has 1 atom stereocenters. The number of halogens is 1. The van der Waals surface area contributed by atoms with Gasteiger partial charge >= 0.3 is 0 Å². The Balaban J connectivity index is 2.07. The van der Waals surface area contributed by atoms with Crippen LogP contribution in [0.3, 0.4) is 0 Å². The highest BCUT2D eigenvalue weighted by Gasteiger charge is 2.22. The molecular weight excluding hydrogens is 322 g/mol. The van der Waals surface area contributed by atoms with E-state index in [1.807, 2.05) is 55.5 Å². The van der Waals surface area contributed by atoms with Gasteiger partial charge in [-0.15, -0.1) is 11.6 Å². The molecule has 0 heterocycles. The number of rotatable bonds is 8. The Kier molecular flexibility index (Phi) is 7.13. The quantitative estimate of drug-likeness (QED) is 0.650. The van der Waals surface area contributed by atoms with Crippen molar-refractivity contribution < 1.29 is 9.53 Å². The van der Waals surface area contributed by atoms with Crippen molar-refractivity contribution in [1.29, 1.82) is 0 Å². The predicted molar refractivity (Wildman–Crippen MR) is 100 cm³/mol. The molecule has 2 aromatic carbocycles. The lowest BCUT2D eigenvalue weighted by Crippen LogP contribution is -2.39. The number of ether oxygens (including phenoxy) is 1. The SMILES string of the molecule is CCc1ccccc1OCCN(C(=O)C(Cl)CC)c1ccccc1. The Morgan fingerprint density at radius 3 is 2.42 bits per heavy atom. The Morgan fingerprint density at radius 2 is 1.75 bits per heavy atom. The molecule has 1 amide bonds. The summed E-state index contributed by atoms with van der Waals surface area (Å²) < 4.78 is 5.91. The van der Waals surface area contributed by atoms with Crippen LogP contribution in [0.5, 0.6) is 5.75 Å². The average molecular weight is 346 g/mol. The highest BCUT2D eigenvalue weighted by Crippen LogP contribution is 2.20. The van der Waals surface area contributed by atoms with Gasteiger partial charge in [-0.25, -0.2) is 0 Å². The van der Waals surface area contributed by atoms with Gasteiger partial charge in [0.05, 0.1) is 6.54 Å². The van der Waals surface area contributed by atoms with Gasteiger partial charge in [-0.2, -0.15) is 0 Å². The van der Waals surface area contributed by atoms with Crippen molar-refractivity contribution in [3.8, 4) is 5.75 Å². The molecule has 0 bridgehead atoms. The van der Waals surface area contributed by atoms with E-state index in [2.05, 4.69) is 13.0 Å². The first-order chi connectivity index (χ1) is 11.7. The normalized spacial score (nSPS) is 11.8. The van der Waals surface area contributed by atoms with Crippen LogP contribution < -0.4 is 9.64 Å². The molecule has 0 aliphatic rings. The molecule has 0 aliphatic carbocycles. The van der Waals surface area contributed by atoms with Crippen LogP contribution in [-0.4, -0.2) is 24.4 Å². The highest BCUT2D eigenvalue weighted by molar-refractivity contribution is 6.32. The van der Waals surface area contributed by atoms with Gasteiger partial charge in [0.15, 0.2) is 0 Å². The third-order valence-corrected chi connectivity index (χ3v) is 4.38. The summed E-state index contributed by atoms with van der Waals surface area (Å²) in [5.74, 6) is 0.788. The molecule has 0 aromatic heterocycles. The molecule has 1 unspecified atom stereocenters. The second kappa shape index (κ2) is 9.33. The Labute approximate surface area is 149 Å².